The third kappa shape index (κ3) is 9.64. The van der Waals surface area contributed by atoms with Gasteiger partial charge in [-0.15, -0.1) is 0 Å². The lowest BCUT2D eigenvalue weighted by Crippen LogP contribution is -2.47. The fraction of sp³-hybridized carbons (Fsp3) is 0.867. The third-order valence-electron chi connectivity index (χ3n) is 2.67. The zero-order chi connectivity index (χ0) is 16.0. The third-order valence-corrected chi connectivity index (χ3v) is 2.67. The van der Waals surface area contributed by atoms with E-state index < -0.39 is 17.7 Å². The molecule has 0 aromatic carbocycles. The second-order valence-electron chi connectivity index (χ2n) is 7.27. The van der Waals surface area contributed by atoms with Crippen molar-refractivity contribution in [2.45, 2.75) is 72.4 Å². The molecule has 5 nitrogen and oxygen atoms in total. The summed E-state index contributed by atoms with van der Waals surface area (Å²) in [5.74, 6) is -0.190. The van der Waals surface area contributed by atoms with E-state index in [0.29, 0.717) is 6.42 Å². The molecule has 0 heterocycles. The van der Waals surface area contributed by atoms with E-state index in [-0.39, 0.29) is 11.3 Å². The first kappa shape index (κ1) is 18.7. The van der Waals surface area contributed by atoms with Gasteiger partial charge in [-0.1, -0.05) is 27.2 Å². The average molecular weight is 286 g/mol. The van der Waals surface area contributed by atoms with Gasteiger partial charge in [0.25, 0.3) is 0 Å². The van der Waals surface area contributed by atoms with E-state index >= 15 is 0 Å². The maximum absolute atomic E-state index is 11.8. The highest BCUT2D eigenvalue weighted by atomic mass is 16.6. The largest absolute Gasteiger partial charge is 0.444 e. The van der Waals surface area contributed by atoms with E-state index in [1.54, 1.807) is 27.8 Å². The summed E-state index contributed by atoms with van der Waals surface area (Å²) < 4.78 is 5.18. The number of carbonyl (C=O) groups excluding carboxylic acids is 2. The van der Waals surface area contributed by atoms with Gasteiger partial charge >= 0.3 is 6.09 Å². The summed E-state index contributed by atoms with van der Waals surface area (Å²) in [6.07, 6.45) is 1.92. The van der Waals surface area contributed by atoms with Crippen molar-refractivity contribution < 1.29 is 14.3 Å². The number of amides is 2. The zero-order valence-corrected chi connectivity index (χ0v) is 13.9. The summed E-state index contributed by atoms with van der Waals surface area (Å²) in [6.45, 7) is 11.8. The van der Waals surface area contributed by atoms with Crippen molar-refractivity contribution in [3.8, 4) is 0 Å². The van der Waals surface area contributed by atoms with Gasteiger partial charge in [-0.05, 0) is 39.0 Å². The van der Waals surface area contributed by atoms with E-state index in [9.17, 15) is 9.59 Å². The van der Waals surface area contributed by atoms with Crippen molar-refractivity contribution in [3.63, 3.8) is 0 Å². The summed E-state index contributed by atoms with van der Waals surface area (Å²) in [5, 5.41) is 5.21. The highest BCUT2D eigenvalue weighted by Gasteiger charge is 2.24. The normalized spacial score (nSPS) is 13.6. The van der Waals surface area contributed by atoms with E-state index in [2.05, 4.69) is 31.4 Å². The lowest BCUT2D eigenvalue weighted by atomic mass is 9.89. The molecule has 2 amide bonds. The van der Waals surface area contributed by atoms with Gasteiger partial charge in [-0.3, -0.25) is 4.79 Å². The summed E-state index contributed by atoms with van der Waals surface area (Å²) in [7, 11) is 1.57. The summed E-state index contributed by atoms with van der Waals surface area (Å²) in [6, 6.07) is -0.544. The van der Waals surface area contributed by atoms with E-state index in [0.717, 1.165) is 12.8 Å². The lowest BCUT2D eigenvalue weighted by Gasteiger charge is -2.24. The van der Waals surface area contributed by atoms with E-state index in [1.807, 2.05) is 0 Å². The molecule has 0 radical (unpaired) electrons. The van der Waals surface area contributed by atoms with Crippen LogP contribution in [0.1, 0.15) is 60.8 Å². The standard InChI is InChI=1S/C15H30N2O3/c1-14(2,3)10-8-9-11(12(18)16-7)17-13(19)20-15(4,5)6/h11H,8-10H2,1-7H3,(H,16,18)(H,17,19)/t11-/m0/s1. The molecular formula is C15H30N2O3. The van der Waals surface area contributed by atoms with Gasteiger partial charge in [0.2, 0.25) is 5.91 Å². The number of hydrogen-bond acceptors (Lipinski definition) is 3. The molecule has 0 fully saturated rings. The van der Waals surface area contributed by atoms with Crippen LogP contribution in [0.3, 0.4) is 0 Å². The van der Waals surface area contributed by atoms with Crippen LogP contribution < -0.4 is 10.6 Å². The second-order valence-corrected chi connectivity index (χ2v) is 7.27. The van der Waals surface area contributed by atoms with Crippen LogP contribution >= 0.6 is 0 Å². The topological polar surface area (TPSA) is 67.4 Å². The molecule has 0 aromatic rings. The first-order chi connectivity index (χ1) is 8.94. The Morgan fingerprint density at radius 2 is 1.65 bits per heavy atom. The van der Waals surface area contributed by atoms with Gasteiger partial charge in [-0.25, -0.2) is 4.79 Å². The molecule has 2 N–H and O–H groups in total. The SMILES string of the molecule is CNC(=O)[C@H](CCCC(C)(C)C)NC(=O)OC(C)(C)C. The molecule has 5 heteroatoms. The van der Waals surface area contributed by atoms with Crippen LogP contribution in [0.4, 0.5) is 4.79 Å². The van der Waals surface area contributed by atoms with Crippen molar-refractivity contribution >= 4 is 12.0 Å². The van der Waals surface area contributed by atoms with Gasteiger partial charge < -0.3 is 15.4 Å². The van der Waals surface area contributed by atoms with Gasteiger partial charge in [0.1, 0.15) is 11.6 Å². The van der Waals surface area contributed by atoms with Crippen molar-refractivity contribution in [2.24, 2.45) is 5.41 Å². The number of nitrogens with one attached hydrogen (secondary N) is 2. The minimum absolute atomic E-state index is 0.190. The van der Waals surface area contributed by atoms with Crippen LogP contribution in [0.2, 0.25) is 0 Å². The second kappa shape index (κ2) is 7.50. The van der Waals surface area contributed by atoms with Crippen LogP contribution in [-0.2, 0) is 9.53 Å². The molecule has 20 heavy (non-hydrogen) atoms. The first-order valence-corrected chi connectivity index (χ1v) is 7.16. The van der Waals surface area contributed by atoms with Crippen LogP contribution in [0.5, 0.6) is 0 Å². The van der Waals surface area contributed by atoms with Crippen molar-refractivity contribution in [1.82, 2.24) is 10.6 Å². The van der Waals surface area contributed by atoms with Crippen LogP contribution in [0.15, 0.2) is 0 Å². The zero-order valence-electron chi connectivity index (χ0n) is 13.9. The molecule has 0 aromatic heterocycles. The molecule has 0 aliphatic carbocycles. The summed E-state index contributed by atoms with van der Waals surface area (Å²) in [4.78, 5) is 23.5. The van der Waals surface area contributed by atoms with Crippen LogP contribution in [0.25, 0.3) is 0 Å². The fourth-order valence-electron chi connectivity index (χ4n) is 1.73. The van der Waals surface area contributed by atoms with Gasteiger partial charge in [0.05, 0.1) is 0 Å². The maximum Gasteiger partial charge on any atom is 0.408 e. The number of ether oxygens (including phenoxy) is 1. The lowest BCUT2D eigenvalue weighted by molar-refractivity contribution is -0.122. The number of rotatable bonds is 5. The Morgan fingerprint density at radius 3 is 2.05 bits per heavy atom. The summed E-state index contributed by atoms with van der Waals surface area (Å²) >= 11 is 0. The quantitative estimate of drug-likeness (QED) is 0.816. The fourth-order valence-corrected chi connectivity index (χ4v) is 1.73. The van der Waals surface area contributed by atoms with Gasteiger partial charge in [0, 0.05) is 7.05 Å². The predicted octanol–water partition coefficient (Wildman–Crippen LogP) is 2.84. The molecule has 118 valence electrons. The molecule has 0 aliphatic heterocycles. The molecule has 1 atom stereocenters. The Kier molecular flexibility index (Phi) is 7.03. The maximum atomic E-state index is 11.8. The van der Waals surface area contributed by atoms with Crippen LogP contribution in [0, 0.1) is 5.41 Å². The molecule has 0 saturated carbocycles. The predicted molar refractivity (Wildman–Crippen MR) is 80.5 cm³/mol. The van der Waals surface area contributed by atoms with Crippen LogP contribution in [-0.4, -0.2) is 30.7 Å². The Bertz CT molecular complexity index is 327. The van der Waals surface area contributed by atoms with E-state index in [4.69, 9.17) is 4.74 Å². The van der Waals surface area contributed by atoms with E-state index in [1.165, 1.54) is 0 Å². The molecule has 0 saturated heterocycles. The highest BCUT2D eigenvalue weighted by Crippen LogP contribution is 2.22. The van der Waals surface area contributed by atoms with Gasteiger partial charge in [-0.2, -0.15) is 0 Å². The van der Waals surface area contributed by atoms with Crippen molar-refractivity contribution in [3.05, 3.63) is 0 Å². The van der Waals surface area contributed by atoms with Crippen molar-refractivity contribution in [1.29, 1.82) is 0 Å². The Hall–Kier alpha value is -1.26. The Labute approximate surface area is 122 Å². The summed E-state index contributed by atoms with van der Waals surface area (Å²) in [5.41, 5.74) is -0.345. The first-order valence-electron chi connectivity index (χ1n) is 7.16. The smallest absolute Gasteiger partial charge is 0.408 e. The number of carbonyl (C=O) groups is 2. The van der Waals surface area contributed by atoms with Gasteiger partial charge in [0.15, 0.2) is 0 Å². The minimum Gasteiger partial charge on any atom is -0.444 e. The Morgan fingerprint density at radius 1 is 1.10 bits per heavy atom. The number of alkyl carbamates (subject to hydrolysis) is 1. The highest BCUT2D eigenvalue weighted by molar-refractivity contribution is 5.85. The van der Waals surface area contributed by atoms with Crippen molar-refractivity contribution in [2.75, 3.05) is 7.05 Å². The minimum atomic E-state index is -0.567. The molecule has 0 bridgehead atoms. The molecule has 0 rings (SSSR count). The Balaban J connectivity index is 4.43. The average Bonchev–Trinajstić information content (AvgIpc) is 2.22. The number of likely N-dealkylation sites (N-methyl/N-ethyl adjacent to an activating group) is 1. The molecule has 0 aliphatic rings. The number of hydrogen-bond donors (Lipinski definition) is 2. The molecular weight excluding hydrogens is 256 g/mol. The molecule has 0 spiro atoms. The monoisotopic (exact) mass is 286 g/mol. The molecule has 0 unspecified atom stereocenters.